The molecular weight excluding hydrogens is 220 g/mol. The lowest BCUT2D eigenvalue weighted by atomic mass is 10.1. The molecule has 1 atom stereocenters. The zero-order valence-electron chi connectivity index (χ0n) is 10.8. The molecule has 0 aliphatic carbocycles. The smallest absolute Gasteiger partial charge is 0.237 e. The molecule has 0 bridgehead atoms. The first-order chi connectivity index (χ1) is 7.59. The topological polar surface area (TPSA) is 55.1 Å². The molecule has 0 aromatic heterocycles. The van der Waals surface area contributed by atoms with Gasteiger partial charge >= 0.3 is 0 Å². The molecule has 0 spiro atoms. The van der Waals surface area contributed by atoms with Gasteiger partial charge in [-0.25, -0.2) is 0 Å². The van der Waals surface area contributed by atoms with E-state index in [1.54, 1.807) is 0 Å². The van der Waals surface area contributed by atoms with E-state index in [2.05, 4.69) is 11.6 Å². The van der Waals surface area contributed by atoms with E-state index in [9.17, 15) is 4.79 Å². The van der Waals surface area contributed by atoms with Crippen LogP contribution in [-0.2, 0) is 4.79 Å². The number of nitrogens with two attached hydrogens (primary N) is 1. The Balaban J connectivity index is 3.34. The Kier molecular flexibility index (Phi) is 9.83. The number of unbranched alkanes of at least 4 members (excludes halogenated alkanes) is 3. The minimum absolute atomic E-state index is 0.0147. The maximum Gasteiger partial charge on any atom is 0.237 e. The second-order valence-electron chi connectivity index (χ2n) is 4.47. The monoisotopic (exact) mass is 246 g/mol. The van der Waals surface area contributed by atoms with E-state index in [4.69, 9.17) is 5.73 Å². The molecule has 0 rings (SSSR count). The fraction of sp³-hybridized carbons (Fsp3) is 0.917. The van der Waals surface area contributed by atoms with Crippen LogP contribution in [0.25, 0.3) is 0 Å². The van der Waals surface area contributed by atoms with E-state index in [-0.39, 0.29) is 17.9 Å². The van der Waals surface area contributed by atoms with E-state index in [1.807, 2.05) is 25.6 Å². The van der Waals surface area contributed by atoms with Crippen molar-refractivity contribution in [2.75, 3.05) is 18.6 Å². The molecular formula is C12H26N2OS. The highest BCUT2D eigenvalue weighted by Crippen LogP contribution is 2.04. The maximum absolute atomic E-state index is 11.5. The summed E-state index contributed by atoms with van der Waals surface area (Å²) in [6.45, 7) is 4.69. The molecule has 0 aliphatic heterocycles. The Hall–Kier alpha value is -0.220. The van der Waals surface area contributed by atoms with Crippen molar-refractivity contribution >= 4 is 17.7 Å². The minimum atomic E-state index is -0.364. The summed E-state index contributed by atoms with van der Waals surface area (Å²) >= 11 is 1.89. The minimum Gasteiger partial charge on any atom is -0.355 e. The molecule has 0 heterocycles. The number of carbonyl (C=O) groups is 1. The van der Waals surface area contributed by atoms with Crippen molar-refractivity contribution in [1.29, 1.82) is 0 Å². The Morgan fingerprint density at radius 3 is 2.44 bits per heavy atom. The first-order valence-electron chi connectivity index (χ1n) is 6.11. The number of amides is 1. The number of hydrogen-bond donors (Lipinski definition) is 2. The van der Waals surface area contributed by atoms with Crippen molar-refractivity contribution in [2.24, 2.45) is 11.7 Å². The molecule has 0 unspecified atom stereocenters. The predicted molar refractivity (Wildman–Crippen MR) is 72.7 cm³/mol. The zero-order valence-corrected chi connectivity index (χ0v) is 11.6. The molecule has 3 N–H and O–H groups in total. The molecule has 1 amide bonds. The van der Waals surface area contributed by atoms with Gasteiger partial charge in [0.1, 0.15) is 0 Å². The van der Waals surface area contributed by atoms with Crippen LogP contribution in [0.15, 0.2) is 0 Å². The third-order valence-corrected chi connectivity index (χ3v) is 3.29. The normalized spacial score (nSPS) is 12.8. The molecule has 0 saturated heterocycles. The van der Waals surface area contributed by atoms with Gasteiger partial charge in [0.15, 0.2) is 0 Å². The van der Waals surface area contributed by atoms with Gasteiger partial charge < -0.3 is 11.1 Å². The fourth-order valence-electron chi connectivity index (χ4n) is 1.36. The van der Waals surface area contributed by atoms with Gasteiger partial charge in [0, 0.05) is 6.54 Å². The Bertz CT molecular complexity index is 186. The summed E-state index contributed by atoms with van der Waals surface area (Å²) in [5, 5.41) is 2.89. The van der Waals surface area contributed by atoms with Crippen LogP contribution in [0.1, 0.15) is 39.5 Å². The third-order valence-electron chi connectivity index (χ3n) is 2.60. The maximum atomic E-state index is 11.5. The van der Waals surface area contributed by atoms with Gasteiger partial charge in [0.05, 0.1) is 6.04 Å². The van der Waals surface area contributed by atoms with E-state index < -0.39 is 0 Å². The predicted octanol–water partition coefficient (Wildman–Crippen LogP) is 2.01. The van der Waals surface area contributed by atoms with Crippen molar-refractivity contribution in [3.63, 3.8) is 0 Å². The van der Waals surface area contributed by atoms with E-state index in [0.29, 0.717) is 0 Å². The molecule has 16 heavy (non-hydrogen) atoms. The third kappa shape index (κ3) is 7.99. The summed E-state index contributed by atoms with van der Waals surface area (Å²) in [5.74, 6) is 1.44. The molecule has 0 aromatic carbocycles. The van der Waals surface area contributed by atoms with Crippen molar-refractivity contribution in [2.45, 2.75) is 45.6 Å². The van der Waals surface area contributed by atoms with Crippen LogP contribution in [0.5, 0.6) is 0 Å². The lowest BCUT2D eigenvalue weighted by Crippen LogP contribution is -2.44. The molecule has 0 saturated carbocycles. The van der Waals surface area contributed by atoms with Crippen molar-refractivity contribution in [3.8, 4) is 0 Å². The van der Waals surface area contributed by atoms with Crippen LogP contribution in [0.4, 0.5) is 0 Å². The first-order valence-corrected chi connectivity index (χ1v) is 7.51. The molecule has 4 heteroatoms. The number of carbonyl (C=O) groups excluding carboxylic acids is 1. The highest BCUT2D eigenvalue weighted by molar-refractivity contribution is 7.98. The lowest BCUT2D eigenvalue weighted by Gasteiger charge is -2.15. The van der Waals surface area contributed by atoms with Crippen LogP contribution < -0.4 is 11.1 Å². The van der Waals surface area contributed by atoms with Gasteiger partial charge in [-0.15, -0.1) is 0 Å². The highest BCUT2D eigenvalue weighted by atomic mass is 32.2. The van der Waals surface area contributed by atoms with E-state index >= 15 is 0 Å². The molecule has 0 aromatic rings. The average molecular weight is 246 g/mol. The van der Waals surface area contributed by atoms with E-state index in [0.717, 1.165) is 13.0 Å². The van der Waals surface area contributed by atoms with Gasteiger partial charge in [0.2, 0.25) is 5.91 Å². The van der Waals surface area contributed by atoms with Gasteiger partial charge in [-0.05, 0) is 30.8 Å². The largest absolute Gasteiger partial charge is 0.355 e. The summed E-state index contributed by atoms with van der Waals surface area (Å²) in [7, 11) is 0. The quantitative estimate of drug-likeness (QED) is 0.612. The van der Waals surface area contributed by atoms with Crippen molar-refractivity contribution in [3.05, 3.63) is 0 Å². The Morgan fingerprint density at radius 2 is 1.88 bits per heavy atom. The number of thioether (sulfide) groups is 1. The summed E-state index contributed by atoms with van der Waals surface area (Å²) in [5.41, 5.74) is 5.73. The fourth-order valence-corrected chi connectivity index (χ4v) is 1.85. The SMILES string of the molecule is CSCCCCCCNC(=O)[C@@H](N)C(C)C. The number of rotatable bonds is 9. The summed E-state index contributed by atoms with van der Waals surface area (Å²) in [6.07, 6.45) is 6.92. The molecule has 3 nitrogen and oxygen atoms in total. The number of nitrogens with one attached hydrogen (secondary N) is 1. The standard InChI is InChI=1S/C12H26N2OS/c1-10(2)11(13)12(15)14-8-6-4-5-7-9-16-3/h10-11H,4-9,13H2,1-3H3,(H,14,15)/t11-/m0/s1. The number of hydrogen-bond acceptors (Lipinski definition) is 3. The van der Waals surface area contributed by atoms with Crippen molar-refractivity contribution < 1.29 is 4.79 Å². The van der Waals surface area contributed by atoms with Crippen LogP contribution in [0.2, 0.25) is 0 Å². The molecule has 96 valence electrons. The lowest BCUT2D eigenvalue weighted by molar-refractivity contribution is -0.123. The van der Waals surface area contributed by atoms with Crippen molar-refractivity contribution in [1.82, 2.24) is 5.32 Å². The second kappa shape index (κ2) is 9.97. The van der Waals surface area contributed by atoms with Gasteiger partial charge in [0.25, 0.3) is 0 Å². The summed E-state index contributed by atoms with van der Waals surface area (Å²) < 4.78 is 0. The second-order valence-corrected chi connectivity index (χ2v) is 5.45. The van der Waals surface area contributed by atoms with Crippen LogP contribution in [0.3, 0.4) is 0 Å². The van der Waals surface area contributed by atoms with Crippen LogP contribution >= 0.6 is 11.8 Å². The zero-order chi connectivity index (χ0) is 12.4. The molecule has 0 aliphatic rings. The summed E-state index contributed by atoms with van der Waals surface area (Å²) in [6, 6.07) is -0.364. The molecule has 0 fully saturated rings. The van der Waals surface area contributed by atoms with Gasteiger partial charge in [-0.1, -0.05) is 26.7 Å². The average Bonchev–Trinajstić information content (AvgIpc) is 2.26. The van der Waals surface area contributed by atoms with E-state index in [1.165, 1.54) is 25.0 Å². The summed E-state index contributed by atoms with van der Waals surface area (Å²) in [4.78, 5) is 11.5. The van der Waals surface area contributed by atoms with Gasteiger partial charge in [-0.3, -0.25) is 4.79 Å². The molecule has 0 radical (unpaired) electrons. The van der Waals surface area contributed by atoms with Gasteiger partial charge in [-0.2, -0.15) is 11.8 Å². The van der Waals surface area contributed by atoms with Crippen LogP contribution in [-0.4, -0.2) is 30.5 Å². The van der Waals surface area contributed by atoms with Crippen LogP contribution in [0, 0.1) is 5.92 Å². The first kappa shape index (κ1) is 15.8. The Labute approximate surface area is 104 Å². The highest BCUT2D eigenvalue weighted by Gasteiger charge is 2.15. The Morgan fingerprint density at radius 1 is 1.25 bits per heavy atom.